The number of benzene rings is 3. The minimum Gasteiger partial charge on any atom is -0.439 e. The summed E-state index contributed by atoms with van der Waals surface area (Å²) in [5, 5.41) is 2.00. The van der Waals surface area contributed by atoms with Gasteiger partial charge in [0.25, 0.3) is 0 Å². The summed E-state index contributed by atoms with van der Waals surface area (Å²) in [4.78, 5) is 5.77. The Bertz CT molecular complexity index is 840. The van der Waals surface area contributed by atoms with Crippen LogP contribution in [0, 0.1) is 6.92 Å². The highest BCUT2D eigenvalue weighted by molar-refractivity contribution is 8.02. The van der Waals surface area contributed by atoms with Gasteiger partial charge in [0.05, 0.1) is 5.69 Å². The normalized spacial score (nSPS) is 11.6. The summed E-state index contributed by atoms with van der Waals surface area (Å²) >= 11 is 1.64. The summed E-state index contributed by atoms with van der Waals surface area (Å²) in [6.07, 6.45) is 1.89. The number of thioether (sulfide) groups is 1. The Hall–Kier alpha value is -2.78. The van der Waals surface area contributed by atoms with Crippen molar-refractivity contribution in [1.29, 1.82) is 0 Å². The Balaban J connectivity index is 1.77. The van der Waals surface area contributed by atoms with Crippen LogP contribution in [0.2, 0.25) is 0 Å². The van der Waals surface area contributed by atoms with E-state index in [9.17, 15) is 0 Å². The molecule has 3 aromatic carbocycles. The van der Waals surface area contributed by atoms with E-state index in [-0.39, 0.29) is 0 Å². The van der Waals surface area contributed by atoms with Gasteiger partial charge in [0.15, 0.2) is 0 Å². The molecule has 0 unspecified atom stereocenters. The van der Waals surface area contributed by atoms with Crippen LogP contribution >= 0.6 is 11.8 Å². The van der Waals surface area contributed by atoms with Crippen LogP contribution in [-0.4, -0.2) is 5.90 Å². The summed E-state index contributed by atoms with van der Waals surface area (Å²) in [6.45, 7) is 2.09. The van der Waals surface area contributed by atoms with Crippen molar-refractivity contribution in [3.63, 3.8) is 0 Å². The average Bonchev–Trinajstić information content (AvgIpc) is 2.65. The number of aryl methyl sites for hydroxylation is 1. The van der Waals surface area contributed by atoms with Gasteiger partial charge in [-0.3, -0.25) is 0 Å². The molecule has 0 aliphatic carbocycles. The number of hydrogen-bond donors (Lipinski definition) is 0. The van der Waals surface area contributed by atoms with Crippen LogP contribution in [0.25, 0.3) is 0 Å². The van der Waals surface area contributed by atoms with Crippen molar-refractivity contribution in [3.8, 4) is 5.75 Å². The second-order valence-electron chi connectivity index (χ2n) is 5.43. The van der Waals surface area contributed by atoms with Crippen molar-refractivity contribution in [1.82, 2.24) is 0 Å². The van der Waals surface area contributed by atoms with Crippen LogP contribution in [0.1, 0.15) is 5.56 Å². The van der Waals surface area contributed by atoms with Gasteiger partial charge in [-0.15, -0.1) is 0 Å². The van der Waals surface area contributed by atoms with Crippen molar-refractivity contribution in [2.75, 3.05) is 0 Å². The van der Waals surface area contributed by atoms with Crippen molar-refractivity contribution in [2.24, 2.45) is 4.99 Å². The highest BCUT2D eigenvalue weighted by Gasteiger charge is 2.00. The van der Waals surface area contributed by atoms with Crippen molar-refractivity contribution in [3.05, 3.63) is 102 Å². The highest BCUT2D eigenvalue weighted by Crippen LogP contribution is 2.20. The third-order valence-corrected chi connectivity index (χ3v) is 4.21. The summed E-state index contributed by atoms with van der Waals surface area (Å²) in [7, 11) is 0. The molecule has 0 spiro atoms. The van der Waals surface area contributed by atoms with Gasteiger partial charge in [0.2, 0.25) is 5.90 Å². The smallest absolute Gasteiger partial charge is 0.220 e. The van der Waals surface area contributed by atoms with Crippen LogP contribution in [0.4, 0.5) is 5.69 Å². The van der Waals surface area contributed by atoms with Crippen molar-refractivity contribution >= 4 is 23.3 Å². The fourth-order valence-corrected chi connectivity index (χ4v) is 2.76. The lowest BCUT2D eigenvalue weighted by molar-refractivity contribution is 0.556. The van der Waals surface area contributed by atoms with Gasteiger partial charge in [-0.25, -0.2) is 4.99 Å². The van der Waals surface area contributed by atoms with E-state index < -0.39 is 0 Å². The molecule has 3 heteroatoms. The zero-order chi connectivity index (χ0) is 17.3. The second-order valence-corrected chi connectivity index (χ2v) is 6.41. The fraction of sp³-hybridized carbons (Fsp3) is 0.0455. The molecule has 0 saturated heterocycles. The highest BCUT2D eigenvalue weighted by atomic mass is 32.2. The number of rotatable bonds is 5. The van der Waals surface area contributed by atoms with E-state index in [1.165, 1.54) is 10.5 Å². The second kappa shape index (κ2) is 8.90. The monoisotopic (exact) mass is 345 g/mol. The molecule has 0 fully saturated rings. The molecule has 124 valence electrons. The van der Waals surface area contributed by atoms with E-state index in [0.29, 0.717) is 5.90 Å². The van der Waals surface area contributed by atoms with Crippen LogP contribution in [-0.2, 0) is 0 Å². The molecule has 0 aliphatic rings. The molecule has 0 radical (unpaired) electrons. The Morgan fingerprint density at radius 2 is 1.48 bits per heavy atom. The molecule has 0 saturated carbocycles. The molecule has 2 nitrogen and oxygen atoms in total. The maximum absolute atomic E-state index is 5.93. The van der Waals surface area contributed by atoms with Gasteiger partial charge in [0, 0.05) is 11.0 Å². The Kier molecular flexibility index (Phi) is 6.07. The average molecular weight is 345 g/mol. The lowest BCUT2D eigenvalue weighted by atomic mass is 10.2. The summed E-state index contributed by atoms with van der Waals surface area (Å²) in [5.74, 6) is 1.32. The minimum absolute atomic E-state index is 0.553. The first-order valence-corrected chi connectivity index (χ1v) is 8.94. The van der Waals surface area contributed by atoms with Gasteiger partial charge in [-0.05, 0) is 48.7 Å². The zero-order valence-electron chi connectivity index (χ0n) is 14.0. The van der Waals surface area contributed by atoms with E-state index in [2.05, 4.69) is 36.2 Å². The molecule has 0 heterocycles. The predicted molar refractivity (Wildman–Crippen MR) is 107 cm³/mol. The molecule has 0 N–H and O–H groups in total. The van der Waals surface area contributed by atoms with Gasteiger partial charge in [0.1, 0.15) is 5.75 Å². The van der Waals surface area contributed by atoms with Crippen LogP contribution in [0.15, 0.2) is 106 Å². The van der Waals surface area contributed by atoms with Gasteiger partial charge < -0.3 is 4.74 Å². The van der Waals surface area contributed by atoms with Gasteiger partial charge in [-0.1, -0.05) is 65.9 Å². The zero-order valence-corrected chi connectivity index (χ0v) is 14.8. The molecule has 3 rings (SSSR count). The standard InChI is InChI=1S/C22H19NOS/c1-18-12-14-21(15-13-18)25-17-16-22(23-19-8-4-2-5-9-19)24-20-10-6-3-7-11-20/h2-17H,1H3. The number of para-hydroxylation sites is 2. The molecule has 0 aliphatic heterocycles. The largest absolute Gasteiger partial charge is 0.439 e. The Labute approximate surface area is 152 Å². The number of hydrogen-bond acceptors (Lipinski definition) is 3. The molecular weight excluding hydrogens is 326 g/mol. The Morgan fingerprint density at radius 1 is 0.840 bits per heavy atom. The summed E-state index contributed by atoms with van der Waals surface area (Å²) in [5.41, 5.74) is 2.12. The molecule has 0 amide bonds. The first-order valence-electron chi connectivity index (χ1n) is 8.06. The number of ether oxygens (including phenoxy) is 1. The lowest BCUT2D eigenvalue weighted by Crippen LogP contribution is -2.04. The van der Waals surface area contributed by atoms with Crippen LogP contribution in [0.3, 0.4) is 0 Å². The third kappa shape index (κ3) is 5.66. The predicted octanol–water partition coefficient (Wildman–Crippen LogP) is 6.41. The lowest BCUT2D eigenvalue weighted by Gasteiger charge is -2.05. The van der Waals surface area contributed by atoms with E-state index in [1.54, 1.807) is 11.8 Å². The molecule has 0 atom stereocenters. The van der Waals surface area contributed by atoms with Crippen LogP contribution < -0.4 is 4.74 Å². The SMILES string of the molecule is Cc1ccc(SC=CC(=Nc2ccccc2)Oc2ccccc2)cc1. The van der Waals surface area contributed by atoms with E-state index in [0.717, 1.165) is 11.4 Å². The Morgan fingerprint density at radius 3 is 2.16 bits per heavy atom. The van der Waals surface area contributed by atoms with Crippen molar-refractivity contribution < 1.29 is 4.74 Å². The van der Waals surface area contributed by atoms with Gasteiger partial charge >= 0.3 is 0 Å². The quantitative estimate of drug-likeness (QED) is 0.303. The molecule has 25 heavy (non-hydrogen) atoms. The topological polar surface area (TPSA) is 21.6 Å². The maximum atomic E-state index is 5.93. The summed E-state index contributed by atoms with van der Waals surface area (Å²) in [6, 6.07) is 27.9. The molecular formula is C22H19NOS. The number of aliphatic imine (C=N–C) groups is 1. The fourth-order valence-electron chi connectivity index (χ4n) is 2.12. The molecule has 0 aromatic heterocycles. The van der Waals surface area contributed by atoms with E-state index in [1.807, 2.05) is 72.1 Å². The van der Waals surface area contributed by atoms with E-state index >= 15 is 0 Å². The first kappa shape index (κ1) is 17.1. The molecule has 3 aromatic rings. The van der Waals surface area contributed by atoms with Crippen molar-refractivity contribution in [2.45, 2.75) is 11.8 Å². The maximum Gasteiger partial charge on any atom is 0.220 e. The summed E-state index contributed by atoms with van der Waals surface area (Å²) < 4.78 is 5.93. The minimum atomic E-state index is 0.553. The number of nitrogens with zero attached hydrogens (tertiary/aromatic N) is 1. The third-order valence-electron chi connectivity index (χ3n) is 3.40. The molecule has 0 bridgehead atoms. The van der Waals surface area contributed by atoms with Gasteiger partial charge in [-0.2, -0.15) is 0 Å². The van der Waals surface area contributed by atoms with Crippen LogP contribution in [0.5, 0.6) is 5.75 Å². The first-order chi connectivity index (χ1) is 12.3. The van der Waals surface area contributed by atoms with E-state index in [4.69, 9.17) is 4.74 Å².